The Balaban J connectivity index is 2.60. The number of hydrogen-bond donors (Lipinski definition) is 2. The molecule has 0 fully saturated rings. The van der Waals surface area contributed by atoms with Crippen LogP contribution in [-0.2, 0) is 0 Å². The van der Waals surface area contributed by atoms with Crippen LogP contribution in [-0.4, -0.2) is 14.9 Å². The molecule has 0 amide bonds. The third-order valence-electron chi connectivity index (χ3n) is 1.84. The van der Waals surface area contributed by atoms with Gasteiger partial charge in [0.15, 0.2) is 5.82 Å². The summed E-state index contributed by atoms with van der Waals surface area (Å²) in [6.07, 6.45) is 0. The van der Waals surface area contributed by atoms with Crippen LogP contribution in [0.4, 0.5) is 5.95 Å². The highest BCUT2D eigenvalue weighted by molar-refractivity contribution is 9.10. The van der Waals surface area contributed by atoms with Crippen LogP contribution in [0.1, 0.15) is 0 Å². The molecule has 0 radical (unpaired) electrons. The molecule has 5 nitrogen and oxygen atoms in total. The summed E-state index contributed by atoms with van der Waals surface area (Å²) in [4.78, 5) is 0. The van der Waals surface area contributed by atoms with Crippen molar-refractivity contribution < 1.29 is 0 Å². The predicted octanol–water partition coefficient (Wildman–Crippen LogP) is 1.00. The molecule has 0 unspecified atom stereocenters. The van der Waals surface area contributed by atoms with Gasteiger partial charge in [-0.25, -0.2) is 4.68 Å². The van der Waals surface area contributed by atoms with Gasteiger partial charge >= 0.3 is 0 Å². The molecule has 0 aliphatic heterocycles. The van der Waals surface area contributed by atoms with Crippen LogP contribution in [0.3, 0.4) is 0 Å². The average molecular weight is 254 g/mol. The third-order valence-corrected chi connectivity index (χ3v) is 2.53. The van der Waals surface area contributed by atoms with Gasteiger partial charge in [0, 0.05) is 10.0 Å². The molecule has 0 aliphatic carbocycles. The molecule has 1 heterocycles. The number of rotatable bonds is 1. The maximum absolute atomic E-state index is 5.65. The Morgan fingerprint density at radius 2 is 1.93 bits per heavy atom. The van der Waals surface area contributed by atoms with E-state index < -0.39 is 0 Å². The molecular formula is C8H8BrN5. The van der Waals surface area contributed by atoms with Gasteiger partial charge in [0.05, 0.1) is 0 Å². The minimum absolute atomic E-state index is 0.191. The average Bonchev–Trinajstić information content (AvgIpc) is 2.49. The van der Waals surface area contributed by atoms with Crippen molar-refractivity contribution in [2.75, 3.05) is 11.6 Å². The predicted molar refractivity (Wildman–Crippen MR) is 57.7 cm³/mol. The van der Waals surface area contributed by atoms with Crippen LogP contribution >= 0.6 is 15.9 Å². The Morgan fingerprint density at radius 3 is 2.50 bits per heavy atom. The van der Waals surface area contributed by atoms with E-state index in [0.29, 0.717) is 5.82 Å². The minimum Gasteiger partial charge on any atom is -0.366 e. The number of nitrogens with two attached hydrogens (primary N) is 2. The van der Waals surface area contributed by atoms with Gasteiger partial charge in [0.1, 0.15) is 0 Å². The summed E-state index contributed by atoms with van der Waals surface area (Å²) >= 11 is 3.40. The summed E-state index contributed by atoms with van der Waals surface area (Å²) in [6, 6.07) is 7.59. The second-order valence-electron chi connectivity index (χ2n) is 2.73. The highest BCUT2D eigenvalue weighted by atomic mass is 79.9. The van der Waals surface area contributed by atoms with Crippen LogP contribution in [0.5, 0.6) is 0 Å². The maximum Gasteiger partial charge on any atom is 0.241 e. The molecule has 72 valence electrons. The lowest BCUT2D eigenvalue weighted by molar-refractivity contribution is 1.02. The Labute approximate surface area is 88.8 Å². The zero-order valence-corrected chi connectivity index (χ0v) is 8.77. The van der Waals surface area contributed by atoms with E-state index >= 15 is 0 Å². The fourth-order valence-corrected chi connectivity index (χ4v) is 1.59. The Kier molecular flexibility index (Phi) is 2.12. The van der Waals surface area contributed by atoms with E-state index in [9.17, 15) is 0 Å². The zero-order valence-electron chi connectivity index (χ0n) is 7.18. The van der Waals surface area contributed by atoms with Crippen LogP contribution in [0, 0.1) is 0 Å². The standard InChI is InChI=1S/C8H8BrN5/c9-6-4-2-1-3-5(6)7-12-13-8(10)14(7)11/h1-4H,11H2,(H2,10,13). The summed E-state index contributed by atoms with van der Waals surface area (Å²) in [6.45, 7) is 0. The van der Waals surface area contributed by atoms with Gasteiger partial charge in [-0.3, -0.25) is 0 Å². The van der Waals surface area contributed by atoms with Crippen molar-refractivity contribution in [1.82, 2.24) is 14.9 Å². The number of hydrogen-bond acceptors (Lipinski definition) is 4. The first-order valence-electron chi connectivity index (χ1n) is 3.91. The van der Waals surface area contributed by atoms with Gasteiger partial charge < -0.3 is 11.6 Å². The molecule has 6 heteroatoms. The largest absolute Gasteiger partial charge is 0.366 e. The molecule has 0 bridgehead atoms. The number of nitrogen functional groups attached to an aromatic ring is 2. The van der Waals surface area contributed by atoms with Crippen LogP contribution in [0.15, 0.2) is 28.7 Å². The molecule has 0 spiro atoms. The minimum atomic E-state index is 0.191. The number of nitrogens with zero attached hydrogens (tertiary/aromatic N) is 3. The summed E-state index contributed by atoms with van der Waals surface area (Å²) < 4.78 is 2.15. The third kappa shape index (κ3) is 1.33. The quantitative estimate of drug-likeness (QED) is 0.744. The van der Waals surface area contributed by atoms with Crippen LogP contribution in [0.2, 0.25) is 0 Å². The van der Waals surface area contributed by atoms with E-state index in [-0.39, 0.29) is 5.95 Å². The van der Waals surface area contributed by atoms with Gasteiger partial charge in [-0.2, -0.15) is 0 Å². The number of benzene rings is 1. The first-order chi connectivity index (χ1) is 6.70. The molecule has 0 atom stereocenters. The topological polar surface area (TPSA) is 82.8 Å². The van der Waals surface area contributed by atoms with Crippen molar-refractivity contribution in [2.24, 2.45) is 0 Å². The van der Waals surface area contributed by atoms with E-state index in [4.69, 9.17) is 11.6 Å². The summed E-state index contributed by atoms with van der Waals surface area (Å²) in [5.74, 6) is 6.38. The van der Waals surface area contributed by atoms with Crippen molar-refractivity contribution in [3.8, 4) is 11.4 Å². The van der Waals surface area contributed by atoms with Gasteiger partial charge in [0.2, 0.25) is 5.95 Å². The lowest BCUT2D eigenvalue weighted by Crippen LogP contribution is -2.13. The first-order valence-corrected chi connectivity index (χ1v) is 4.70. The van der Waals surface area contributed by atoms with Gasteiger partial charge in [0.25, 0.3) is 0 Å². The Bertz CT molecular complexity index is 465. The summed E-state index contributed by atoms with van der Waals surface area (Å²) in [5, 5.41) is 7.56. The highest BCUT2D eigenvalue weighted by Crippen LogP contribution is 2.25. The molecule has 0 saturated heterocycles. The van der Waals surface area contributed by atoms with E-state index in [1.807, 2.05) is 24.3 Å². The number of aromatic nitrogens is 3. The zero-order chi connectivity index (χ0) is 10.1. The summed E-state index contributed by atoms with van der Waals surface area (Å²) in [7, 11) is 0. The molecule has 14 heavy (non-hydrogen) atoms. The molecule has 0 aliphatic rings. The van der Waals surface area contributed by atoms with Gasteiger partial charge in [-0.05, 0) is 12.1 Å². The van der Waals surface area contributed by atoms with E-state index in [2.05, 4.69) is 26.1 Å². The molecule has 0 saturated carbocycles. The lowest BCUT2D eigenvalue weighted by Gasteiger charge is -2.02. The normalized spacial score (nSPS) is 10.4. The fraction of sp³-hybridized carbons (Fsp3) is 0. The van der Waals surface area contributed by atoms with Crippen molar-refractivity contribution in [3.05, 3.63) is 28.7 Å². The lowest BCUT2D eigenvalue weighted by atomic mass is 10.2. The Hall–Kier alpha value is -1.56. The van der Waals surface area contributed by atoms with E-state index in [1.54, 1.807) is 0 Å². The maximum atomic E-state index is 5.65. The SMILES string of the molecule is Nc1nnc(-c2ccccc2Br)n1N. The molecule has 2 rings (SSSR count). The van der Waals surface area contributed by atoms with E-state index in [1.165, 1.54) is 4.68 Å². The van der Waals surface area contributed by atoms with Crippen LogP contribution in [0.25, 0.3) is 11.4 Å². The molecule has 4 N–H and O–H groups in total. The van der Waals surface area contributed by atoms with Crippen molar-refractivity contribution in [2.45, 2.75) is 0 Å². The number of halogens is 1. The first kappa shape index (κ1) is 9.01. The monoisotopic (exact) mass is 253 g/mol. The van der Waals surface area contributed by atoms with Crippen molar-refractivity contribution >= 4 is 21.9 Å². The number of anilines is 1. The highest BCUT2D eigenvalue weighted by Gasteiger charge is 2.11. The molecular weight excluding hydrogens is 246 g/mol. The van der Waals surface area contributed by atoms with Crippen molar-refractivity contribution in [3.63, 3.8) is 0 Å². The Morgan fingerprint density at radius 1 is 1.21 bits per heavy atom. The van der Waals surface area contributed by atoms with Gasteiger partial charge in [-0.1, -0.05) is 28.1 Å². The molecule has 1 aromatic carbocycles. The second-order valence-corrected chi connectivity index (χ2v) is 3.59. The van der Waals surface area contributed by atoms with Crippen molar-refractivity contribution in [1.29, 1.82) is 0 Å². The smallest absolute Gasteiger partial charge is 0.241 e. The molecule has 2 aromatic rings. The second kappa shape index (κ2) is 3.30. The van der Waals surface area contributed by atoms with Gasteiger partial charge in [-0.15, -0.1) is 10.2 Å². The molecule has 1 aromatic heterocycles. The summed E-state index contributed by atoms with van der Waals surface area (Å²) in [5.41, 5.74) is 6.34. The van der Waals surface area contributed by atoms with E-state index in [0.717, 1.165) is 10.0 Å². The fourth-order valence-electron chi connectivity index (χ4n) is 1.13. The van der Waals surface area contributed by atoms with Crippen LogP contribution < -0.4 is 11.6 Å².